The van der Waals surface area contributed by atoms with Gasteiger partial charge in [0.25, 0.3) is 5.97 Å². The van der Waals surface area contributed by atoms with E-state index in [1.807, 2.05) is 20.8 Å². The van der Waals surface area contributed by atoms with Gasteiger partial charge >= 0.3 is 29.8 Å². The first-order chi connectivity index (χ1) is 22.9. The molecule has 4 bridgehead atoms. The molecule has 7 fully saturated rings. The number of furan rings is 1. The van der Waals surface area contributed by atoms with Crippen molar-refractivity contribution in [1.29, 1.82) is 0 Å². The molecule has 14 heteroatoms. The molecule has 49 heavy (non-hydrogen) atoms. The molecule has 1 aromatic rings. The molecule has 0 radical (unpaired) electrons. The van der Waals surface area contributed by atoms with E-state index in [2.05, 4.69) is 0 Å². The number of fused-ring (bicyclic) bond motifs is 3. The van der Waals surface area contributed by atoms with E-state index in [4.69, 9.17) is 42.3 Å². The maximum absolute atomic E-state index is 13.8. The van der Waals surface area contributed by atoms with Gasteiger partial charge in [-0.3, -0.25) is 24.0 Å². The normalized spacial score (nSPS) is 50.9. The summed E-state index contributed by atoms with van der Waals surface area (Å²) < 4.78 is 57.3. The van der Waals surface area contributed by atoms with Crippen LogP contribution in [0.2, 0.25) is 0 Å². The zero-order valence-corrected chi connectivity index (χ0v) is 28.9. The molecule has 3 saturated heterocycles. The smallest absolute Gasteiger partial charge is 0.306 e. The molecule has 8 rings (SSSR count). The van der Waals surface area contributed by atoms with Crippen LogP contribution in [0.15, 0.2) is 23.0 Å². The molecule has 4 aliphatic carbocycles. The molecule has 13 atom stereocenters. The highest BCUT2D eigenvalue weighted by molar-refractivity contribution is 5.75. The number of hydrogen-bond donors (Lipinski definition) is 0. The quantitative estimate of drug-likeness (QED) is 0.315. The number of rotatable bonds is 6. The van der Waals surface area contributed by atoms with Gasteiger partial charge in [-0.2, -0.15) is 0 Å². The Morgan fingerprint density at radius 1 is 0.878 bits per heavy atom. The maximum Gasteiger partial charge on any atom is 0.306 e. The minimum atomic E-state index is -2.01. The second-order valence-corrected chi connectivity index (χ2v) is 15.9. The van der Waals surface area contributed by atoms with Crippen LogP contribution in [-0.4, -0.2) is 77.5 Å². The van der Waals surface area contributed by atoms with Crippen molar-refractivity contribution in [2.24, 2.45) is 28.1 Å². The lowest BCUT2D eigenvalue weighted by Gasteiger charge is -2.77. The van der Waals surface area contributed by atoms with E-state index in [1.165, 1.54) is 40.4 Å². The van der Waals surface area contributed by atoms with Gasteiger partial charge in [0.2, 0.25) is 5.60 Å². The Balaban J connectivity index is 1.50. The topological polar surface area (TPSA) is 172 Å². The summed E-state index contributed by atoms with van der Waals surface area (Å²) in [7, 11) is 1.30. The molecule has 0 N–H and O–H groups in total. The lowest BCUT2D eigenvalue weighted by atomic mass is 9.33. The van der Waals surface area contributed by atoms with Crippen LogP contribution in [0.25, 0.3) is 0 Å². The molecule has 0 amide bonds. The predicted molar refractivity (Wildman–Crippen MR) is 159 cm³/mol. The highest BCUT2D eigenvalue weighted by Crippen LogP contribution is 2.90. The zero-order chi connectivity index (χ0) is 35.4. The third kappa shape index (κ3) is 3.33. The molecule has 7 aliphatic rings. The van der Waals surface area contributed by atoms with E-state index < -0.39 is 105 Å². The fraction of sp³-hybridized carbons (Fsp3) is 0.743. The van der Waals surface area contributed by atoms with E-state index in [-0.39, 0.29) is 19.3 Å². The van der Waals surface area contributed by atoms with Crippen molar-refractivity contribution in [3.05, 3.63) is 24.2 Å². The van der Waals surface area contributed by atoms with Crippen LogP contribution >= 0.6 is 0 Å². The van der Waals surface area contributed by atoms with Crippen molar-refractivity contribution in [1.82, 2.24) is 0 Å². The van der Waals surface area contributed by atoms with Crippen molar-refractivity contribution in [2.45, 2.75) is 127 Å². The molecule has 4 heterocycles. The second-order valence-electron chi connectivity index (χ2n) is 15.9. The lowest BCUT2D eigenvalue weighted by molar-refractivity contribution is -0.477. The first kappa shape index (κ1) is 32.7. The fourth-order valence-electron chi connectivity index (χ4n) is 12.8. The first-order valence-corrected chi connectivity index (χ1v) is 16.8. The summed E-state index contributed by atoms with van der Waals surface area (Å²) in [5, 5.41) is 0. The number of ether oxygens (including phenoxy) is 8. The van der Waals surface area contributed by atoms with Gasteiger partial charge in [-0.05, 0) is 31.2 Å². The van der Waals surface area contributed by atoms with E-state index in [0.717, 1.165) is 0 Å². The summed E-state index contributed by atoms with van der Waals surface area (Å²) in [6, 6.07) is 1.73. The van der Waals surface area contributed by atoms with Crippen molar-refractivity contribution < 1.29 is 66.3 Å². The third-order valence-electron chi connectivity index (χ3n) is 13.8. The van der Waals surface area contributed by atoms with Gasteiger partial charge in [-0.25, -0.2) is 0 Å². The maximum atomic E-state index is 13.8. The number of carbonyl (C=O) groups excluding carboxylic acids is 5. The van der Waals surface area contributed by atoms with Crippen LogP contribution in [0.5, 0.6) is 0 Å². The summed E-state index contributed by atoms with van der Waals surface area (Å²) in [6.07, 6.45) is -0.00265. The Hall–Kier alpha value is -3.49. The monoisotopic (exact) mass is 686 g/mol. The predicted octanol–water partition coefficient (Wildman–Crippen LogP) is 3.44. The van der Waals surface area contributed by atoms with Crippen LogP contribution in [0, 0.1) is 28.1 Å². The van der Waals surface area contributed by atoms with E-state index in [1.54, 1.807) is 13.0 Å². The van der Waals surface area contributed by atoms with Crippen molar-refractivity contribution in [2.75, 3.05) is 7.11 Å². The van der Waals surface area contributed by atoms with Gasteiger partial charge in [0.15, 0.2) is 12.2 Å². The molecular formula is C35H42O14. The Morgan fingerprint density at radius 3 is 2.16 bits per heavy atom. The molecule has 1 unspecified atom stereocenters. The Bertz CT molecular complexity index is 1690. The van der Waals surface area contributed by atoms with Gasteiger partial charge < -0.3 is 42.3 Å². The summed E-state index contributed by atoms with van der Waals surface area (Å²) in [5.41, 5.74) is -9.35. The third-order valence-corrected chi connectivity index (χ3v) is 13.8. The standard InChI is InChI=1S/C35H42O14/c1-17(36)43-26-29(5)16-33-30(6,21(29)13-23(39)41-8)32-11-10-28(4)22(14-24(40)45-25(28)20-9-12-42-15-20)34(32,49-31(7,47-32)48-33)27(44-18(2)37)35(26,33)46-19(3)38/h9,12,15,21-22,25-27H,10-11,13-14,16H2,1-8H3/t21-,22+,25-,26-,27-,28+,29+,30-,31?,32-,33+,34+,35-/m0/s1. The molecule has 266 valence electrons. The van der Waals surface area contributed by atoms with Crippen molar-refractivity contribution >= 4 is 29.8 Å². The Labute approximate surface area is 282 Å². The van der Waals surface area contributed by atoms with Gasteiger partial charge in [0.1, 0.15) is 22.9 Å². The number of hydrogen-bond acceptors (Lipinski definition) is 14. The fourth-order valence-corrected chi connectivity index (χ4v) is 12.8. The van der Waals surface area contributed by atoms with E-state index >= 15 is 0 Å². The average molecular weight is 687 g/mol. The van der Waals surface area contributed by atoms with Crippen molar-refractivity contribution in [3.63, 3.8) is 0 Å². The number of methoxy groups -OCH3 is 1. The van der Waals surface area contributed by atoms with Gasteiger partial charge in [0.05, 0.1) is 26.1 Å². The highest BCUT2D eigenvalue weighted by atomic mass is 16.9. The summed E-state index contributed by atoms with van der Waals surface area (Å²) in [6.45, 7) is 11.1. The first-order valence-electron chi connectivity index (χ1n) is 16.8. The Kier molecular flexibility index (Phi) is 6.30. The molecule has 4 saturated carbocycles. The number of esters is 5. The van der Waals surface area contributed by atoms with Crippen LogP contribution in [-0.2, 0) is 61.9 Å². The van der Waals surface area contributed by atoms with Crippen LogP contribution in [0.3, 0.4) is 0 Å². The largest absolute Gasteiger partial charge is 0.472 e. The van der Waals surface area contributed by atoms with E-state index in [9.17, 15) is 24.0 Å². The van der Waals surface area contributed by atoms with Gasteiger partial charge in [-0.1, -0.05) is 20.8 Å². The zero-order valence-electron chi connectivity index (χ0n) is 28.9. The lowest BCUT2D eigenvalue weighted by Crippen LogP contribution is -2.94. The highest BCUT2D eigenvalue weighted by Gasteiger charge is 3.05. The Morgan fingerprint density at radius 2 is 1.55 bits per heavy atom. The molecule has 0 aromatic carbocycles. The van der Waals surface area contributed by atoms with Crippen LogP contribution in [0.1, 0.15) is 92.2 Å². The summed E-state index contributed by atoms with van der Waals surface area (Å²) in [5.74, 6) is -6.47. The van der Waals surface area contributed by atoms with Crippen molar-refractivity contribution in [3.8, 4) is 0 Å². The molecule has 1 aromatic heterocycles. The summed E-state index contributed by atoms with van der Waals surface area (Å²) >= 11 is 0. The molecular weight excluding hydrogens is 644 g/mol. The molecule has 2 spiro atoms. The van der Waals surface area contributed by atoms with Crippen LogP contribution in [0.4, 0.5) is 0 Å². The average Bonchev–Trinajstić information content (AvgIpc) is 3.70. The summed E-state index contributed by atoms with van der Waals surface area (Å²) in [4.78, 5) is 67.1. The molecule has 3 aliphatic heterocycles. The minimum absolute atomic E-state index is 0.125. The number of carbonyl (C=O) groups is 5. The van der Waals surface area contributed by atoms with Gasteiger partial charge in [0, 0.05) is 61.8 Å². The number of cyclic esters (lactones) is 1. The second kappa shape index (κ2) is 9.43. The van der Waals surface area contributed by atoms with Crippen LogP contribution < -0.4 is 0 Å². The SMILES string of the molecule is COC(=O)C[C@H]1[C@@]2(C)C[C@@]34OC5(C)O[C@]6([C@@H]7CC(=O)O[C@@H](c8ccoc8)[C@]7(C)CC[C@]6(O5)[C@]13C)[C@H](OC(C)=O)[C@@]4(OC(C)=O)[C@H]2OC(C)=O. The van der Waals surface area contributed by atoms with Gasteiger partial charge in [-0.15, -0.1) is 0 Å². The molecule has 14 nitrogen and oxygen atoms in total. The minimum Gasteiger partial charge on any atom is -0.472 e. The van der Waals surface area contributed by atoms with E-state index in [0.29, 0.717) is 18.4 Å².